The van der Waals surface area contributed by atoms with Crippen LogP contribution in [-0.4, -0.2) is 9.97 Å². The zero-order valence-corrected chi connectivity index (χ0v) is 18.8. The first-order valence-electron chi connectivity index (χ1n) is 4.30. The molecule has 0 atom stereocenters. The summed E-state index contributed by atoms with van der Waals surface area (Å²) < 4.78 is 1.24. The Bertz CT molecular complexity index is 419. The second-order valence-corrected chi connectivity index (χ2v) is 7.69. The molecule has 2 aromatic rings. The third kappa shape index (κ3) is 5.73. The molecule has 0 bridgehead atoms. The van der Waals surface area contributed by atoms with E-state index in [9.17, 15) is 0 Å². The van der Waals surface area contributed by atoms with E-state index < -0.39 is 0 Å². The molecule has 7 heteroatoms. The summed E-state index contributed by atoms with van der Waals surface area (Å²) in [6.07, 6.45) is 0. The molecule has 0 fully saturated rings. The SMILES string of the molecule is CC.Cc1nc2ccc([I-]I)nc2s1.I.I. The van der Waals surface area contributed by atoms with Crippen LogP contribution in [0, 0.1) is 10.6 Å². The predicted molar refractivity (Wildman–Crippen MR) is 97.0 cm³/mol. The predicted octanol–water partition coefficient (Wildman–Crippen LogP) is 1.87. The van der Waals surface area contributed by atoms with Crippen LogP contribution in [0.3, 0.4) is 0 Å². The van der Waals surface area contributed by atoms with Gasteiger partial charge in [0.05, 0.1) is 0 Å². The Hall–Kier alpha value is 1.96. The third-order valence-electron chi connectivity index (χ3n) is 1.40. The maximum atomic E-state index is 4.51. The fourth-order valence-corrected chi connectivity index (χ4v) is 4.06. The van der Waals surface area contributed by atoms with E-state index in [4.69, 9.17) is 0 Å². The van der Waals surface area contributed by atoms with Crippen LogP contribution in [-0.2, 0) is 0 Å². The Morgan fingerprint density at radius 1 is 1.19 bits per heavy atom. The maximum absolute atomic E-state index is 4.51. The van der Waals surface area contributed by atoms with Crippen LogP contribution in [0.5, 0.6) is 0 Å². The molecule has 0 aromatic carbocycles. The summed E-state index contributed by atoms with van der Waals surface area (Å²) in [5, 5.41) is 1.10. The van der Waals surface area contributed by atoms with E-state index in [1.54, 1.807) is 11.3 Å². The summed E-state index contributed by atoms with van der Waals surface area (Å²) in [5.41, 5.74) is 1.04. The number of rotatable bonds is 1. The van der Waals surface area contributed by atoms with Crippen molar-refractivity contribution in [2.75, 3.05) is 0 Å². The van der Waals surface area contributed by atoms with Gasteiger partial charge in [-0.05, 0) is 0 Å². The number of fused-ring (bicyclic) bond motifs is 1. The molecule has 0 radical (unpaired) electrons. The molecular formula is C9H13I4N2S-. The molecular weight excluding hydrogens is 676 g/mol. The normalized spacial score (nSPS) is 8.75. The number of halogens is 4. The van der Waals surface area contributed by atoms with Gasteiger partial charge >= 0.3 is 95.3 Å². The molecule has 0 saturated carbocycles. The smallest absolute Gasteiger partial charge is 0.107 e. The van der Waals surface area contributed by atoms with Crippen LogP contribution in [0.4, 0.5) is 0 Å². The van der Waals surface area contributed by atoms with Crippen LogP contribution in [0.15, 0.2) is 12.1 Å². The fourth-order valence-electron chi connectivity index (χ4n) is 0.943. The van der Waals surface area contributed by atoms with E-state index in [0.717, 1.165) is 15.4 Å². The fraction of sp³-hybridized carbons (Fsp3) is 0.333. The first kappa shape index (κ1) is 20.3. The van der Waals surface area contributed by atoms with Crippen LogP contribution in [0.2, 0.25) is 0 Å². The van der Waals surface area contributed by atoms with Crippen molar-refractivity contribution in [2.24, 2.45) is 0 Å². The average molecular weight is 689 g/mol. The minimum Gasteiger partial charge on any atom is -0.107 e. The molecule has 0 spiro atoms. The minimum absolute atomic E-state index is 0. The molecule has 0 amide bonds. The zero-order chi connectivity index (χ0) is 10.6. The largest absolute Gasteiger partial charge is 0.107 e. The Morgan fingerprint density at radius 3 is 2.38 bits per heavy atom. The van der Waals surface area contributed by atoms with Crippen LogP contribution in [0.25, 0.3) is 10.3 Å². The molecule has 2 aromatic heterocycles. The molecule has 2 rings (SSSR count). The first-order valence-corrected chi connectivity index (χ1v) is 12.5. The van der Waals surface area contributed by atoms with Crippen molar-refractivity contribution in [3.63, 3.8) is 0 Å². The van der Waals surface area contributed by atoms with Gasteiger partial charge in [0.2, 0.25) is 0 Å². The van der Waals surface area contributed by atoms with E-state index in [1.165, 1.54) is 3.70 Å². The molecule has 0 aliphatic carbocycles. The summed E-state index contributed by atoms with van der Waals surface area (Å²) in [7, 11) is 0. The third-order valence-corrected chi connectivity index (χ3v) is 6.10. The van der Waals surface area contributed by atoms with Crippen molar-refractivity contribution in [1.29, 1.82) is 0 Å². The summed E-state index contributed by atoms with van der Waals surface area (Å²) in [6.45, 7) is 6.02. The molecule has 0 aliphatic heterocycles. The van der Waals surface area contributed by atoms with Crippen LogP contribution < -0.4 is 17.2 Å². The molecule has 0 saturated heterocycles. The van der Waals surface area contributed by atoms with Crippen molar-refractivity contribution >= 4 is 88.3 Å². The van der Waals surface area contributed by atoms with Gasteiger partial charge in [0.15, 0.2) is 0 Å². The average Bonchev–Trinajstić information content (AvgIpc) is 2.59. The van der Waals surface area contributed by atoms with Crippen molar-refractivity contribution < 1.29 is 17.2 Å². The molecule has 2 nitrogen and oxygen atoms in total. The van der Waals surface area contributed by atoms with E-state index in [2.05, 4.69) is 40.7 Å². The summed E-state index contributed by atoms with van der Waals surface area (Å²) in [5.74, 6) is 0. The number of pyridine rings is 1. The molecule has 0 N–H and O–H groups in total. The Morgan fingerprint density at radius 2 is 1.81 bits per heavy atom. The van der Waals surface area contributed by atoms with Gasteiger partial charge in [0, 0.05) is 0 Å². The number of thiazole rings is 1. The summed E-state index contributed by atoms with van der Waals surface area (Å²) >= 11 is 4.18. The van der Waals surface area contributed by atoms with Gasteiger partial charge in [-0.15, -0.1) is 48.0 Å². The number of aryl methyl sites for hydroxylation is 1. The second-order valence-electron chi connectivity index (χ2n) is 2.26. The second kappa shape index (κ2) is 10.8. The molecule has 0 aliphatic rings. The number of nitrogens with zero attached hydrogens (tertiary/aromatic N) is 2. The molecule has 0 unspecified atom stereocenters. The number of hydrogen-bond acceptors (Lipinski definition) is 3. The van der Waals surface area contributed by atoms with Gasteiger partial charge in [-0.2, -0.15) is 0 Å². The Labute approximate surface area is 154 Å². The zero-order valence-electron chi connectivity index (χ0n) is 9.03. The van der Waals surface area contributed by atoms with E-state index in [0.29, 0.717) is 0 Å². The van der Waals surface area contributed by atoms with E-state index in [1.807, 2.05) is 20.8 Å². The monoisotopic (exact) mass is 689 g/mol. The van der Waals surface area contributed by atoms with Gasteiger partial charge in [-0.3, -0.25) is 0 Å². The first-order chi connectivity index (χ1) is 6.79. The van der Waals surface area contributed by atoms with Crippen molar-refractivity contribution in [3.8, 4) is 0 Å². The van der Waals surface area contributed by atoms with Gasteiger partial charge in [0.1, 0.15) is 0 Å². The molecule has 94 valence electrons. The van der Waals surface area contributed by atoms with Crippen LogP contribution in [0.1, 0.15) is 18.9 Å². The van der Waals surface area contributed by atoms with Gasteiger partial charge in [-0.25, -0.2) is 0 Å². The Balaban J connectivity index is 0. The quantitative estimate of drug-likeness (QED) is 0.338. The van der Waals surface area contributed by atoms with Crippen LogP contribution >= 0.6 is 77.9 Å². The standard InChI is InChI=1S/C7H5I2N2S.C2H6.2HI/c1-4-10-5-2-3-6(9-8)11-7(5)12-4;1-2;;/h2-3H,1H3;1-2H3;2*1H/q-1;;;. The Kier molecular flexibility index (Phi) is 13.7. The van der Waals surface area contributed by atoms with Crippen molar-refractivity contribution in [2.45, 2.75) is 20.8 Å². The molecule has 16 heavy (non-hydrogen) atoms. The van der Waals surface area contributed by atoms with Gasteiger partial charge in [0.25, 0.3) is 0 Å². The van der Waals surface area contributed by atoms with Crippen molar-refractivity contribution in [3.05, 3.63) is 20.8 Å². The van der Waals surface area contributed by atoms with E-state index in [-0.39, 0.29) is 65.2 Å². The van der Waals surface area contributed by atoms with Gasteiger partial charge in [-0.1, -0.05) is 13.8 Å². The molecule has 2 heterocycles. The van der Waals surface area contributed by atoms with Crippen molar-refractivity contribution in [1.82, 2.24) is 9.97 Å². The number of hydrogen-bond donors (Lipinski definition) is 0. The maximum Gasteiger partial charge on any atom is -0.107 e. The summed E-state index contributed by atoms with van der Waals surface area (Å²) in [4.78, 5) is 9.95. The number of aromatic nitrogens is 2. The minimum atomic E-state index is 0. The topological polar surface area (TPSA) is 25.8 Å². The van der Waals surface area contributed by atoms with Gasteiger partial charge < -0.3 is 0 Å². The summed E-state index contributed by atoms with van der Waals surface area (Å²) in [6, 6.07) is 4.15. The van der Waals surface area contributed by atoms with E-state index >= 15 is 0 Å².